The molecule has 2 rings (SSSR count). The zero-order valence-corrected chi connectivity index (χ0v) is 13.2. The summed E-state index contributed by atoms with van der Waals surface area (Å²) < 4.78 is 10.8. The number of ether oxygens (including phenoxy) is 2. The Hall–Kier alpha value is -1.22. The topological polar surface area (TPSA) is 30.5 Å². The quantitative estimate of drug-likeness (QED) is 0.863. The van der Waals surface area contributed by atoms with Gasteiger partial charge >= 0.3 is 0 Å². The number of benzene rings is 1. The summed E-state index contributed by atoms with van der Waals surface area (Å²) in [4.78, 5) is 0. The number of nitrogens with one attached hydrogen (secondary N) is 1. The van der Waals surface area contributed by atoms with Gasteiger partial charge in [-0.3, -0.25) is 0 Å². The van der Waals surface area contributed by atoms with Crippen molar-refractivity contribution in [3.05, 3.63) is 23.8 Å². The lowest BCUT2D eigenvalue weighted by molar-refractivity contribution is 0.352. The number of hydrogen-bond acceptors (Lipinski definition) is 3. The molecule has 0 saturated heterocycles. The molecule has 1 aromatic carbocycles. The molecule has 1 fully saturated rings. The number of methoxy groups -OCH3 is 2. The van der Waals surface area contributed by atoms with Crippen LogP contribution in [-0.2, 0) is 5.41 Å². The number of hydrogen-bond donors (Lipinski definition) is 1. The van der Waals surface area contributed by atoms with Gasteiger partial charge in [0.15, 0.2) is 11.5 Å². The van der Waals surface area contributed by atoms with Crippen molar-refractivity contribution in [2.24, 2.45) is 0 Å². The fourth-order valence-electron chi connectivity index (χ4n) is 3.24. The van der Waals surface area contributed by atoms with Gasteiger partial charge in [-0.15, -0.1) is 0 Å². The van der Waals surface area contributed by atoms with E-state index in [1.807, 2.05) is 6.07 Å². The first-order chi connectivity index (χ1) is 9.62. The van der Waals surface area contributed by atoms with E-state index in [4.69, 9.17) is 9.47 Å². The van der Waals surface area contributed by atoms with Crippen LogP contribution in [-0.4, -0.2) is 26.8 Å². The van der Waals surface area contributed by atoms with Gasteiger partial charge in [-0.25, -0.2) is 0 Å². The minimum atomic E-state index is 0.241. The van der Waals surface area contributed by atoms with Gasteiger partial charge < -0.3 is 14.8 Å². The van der Waals surface area contributed by atoms with Crippen molar-refractivity contribution >= 4 is 0 Å². The van der Waals surface area contributed by atoms with Gasteiger partial charge in [0, 0.05) is 6.04 Å². The molecule has 0 radical (unpaired) electrons. The first kappa shape index (κ1) is 15.2. The Morgan fingerprint density at radius 2 is 2.00 bits per heavy atom. The van der Waals surface area contributed by atoms with E-state index in [1.54, 1.807) is 14.2 Å². The van der Waals surface area contributed by atoms with Gasteiger partial charge in [-0.2, -0.15) is 0 Å². The van der Waals surface area contributed by atoms with Gasteiger partial charge in [0.25, 0.3) is 0 Å². The zero-order chi connectivity index (χ0) is 14.6. The molecule has 0 heterocycles. The third kappa shape index (κ3) is 3.09. The Labute approximate surface area is 122 Å². The van der Waals surface area contributed by atoms with Crippen molar-refractivity contribution in [1.82, 2.24) is 5.32 Å². The molecule has 1 N–H and O–H groups in total. The molecule has 0 spiro atoms. The zero-order valence-electron chi connectivity index (χ0n) is 13.2. The normalized spacial score (nSPS) is 25.7. The highest BCUT2D eigenvalue weighted by Gasteiger charge is 2.36. The fraction of sp³-hybridized carbons (Fsp3) is 0.647. The van der Waals surface area contributed by atoms with Crippen LogP contribution in [0.5, 0.6) is 11.5 Å². The molecule has 1 saturated carbocycles. The maximum Gasteiger partial charge on any atom is 0.161 e. The van der Waals surface area contributed by atoms with E-state index in [0.29, 0.717) is 6.04 Å². The second-order valence-electron chi connectivity index (χ2n) is 6.02. The van der Waals surface area contributed by atoms with Crippen LogP contribution < -0.4 is 14.8 Å². The summed E-state index contributed by atoms with van der Waals surface area (Å²) in [5.74, 6) is 1.63. The Balaban J connectivity index is 2.14. The molecule has 1 aliphatic carbocycles. The minimum Gasteiger partial charge on any atom is -0.493 e. The van der Waals surface area contributed by atoms with E-state index >= 15 is 0 Å². The van der Waals surface area contributed by atoms with E-state index < -0.39 is 0 Å². The van der Waals surface area contributed by atoms with Crippen LogP contribution >= 0.6 is 0 Å². The third-order valence-electron chi connectivity index (χ3n) is 4.50. The summed E-state index contributed by atoms with van der Waals surface area (Å²) in [6, 6.07) is 6.99. The maximum atomic E-state index is 5.43. The highest BCUT2D eigenvalue weighted by Crippen LogP contribution is 2.43. The predicted molar refractivity (Wildman–Crippen MR) is 82.8 cm³/mol. The minimum absolute atomic E-state index is 0.241. The average molecular weight is 277 g/mol. The van der Waals surface area contributed by atoms with Crippen molar-refractivity contribution in [2.75, 3.05) is 20.8 Å². The van der Waals surface area contributed by atoms with Crippen LogP contribution in [0.25, 0.3) is 0 Å². The third-order valence-corrected chi connectivity index (χ3v) is 4.50. The lowest BCUT2D eigenvalue weighted by Crippen LogP contribution is -2.29. The van der Waals surface area contributed by atoms with Crippen LogP contribution in [0.15, 0.2) is 18.2 Å². The molecule has 2 unspecified atom stereocenters. The summed E-state index contributed by atoms with van der Waals surface area (Å²) in [5, 5.41) is 3.65. The Kier molecular flexibility index (Phi) is 4.92. The molecular weight excluding hydrogens is 250 g/mol. The van der Waals surface area contributed by atoms with Crippen molar-refractivity contribution in [1.29, 1.82) is 0 Å². The van der Waals surface area contributed by atoms with Crippen LogP contribution in [0.1, 0.15) is 45.1 Å². The van der Waals surface area contributed by atoms with E-state index in [9.17, 15) is 0 Å². The summed E-state index contributed by atoms with van der Waals surface area (Å²) in [5.41, 5.74) is 1.60. The summed E-state index contributed by atoms with van der Waals surface area (Å²) >= 11 is 0. The van der Waals surface area contributed by atoms with Crippen molar-refractivity contribution < 1.29 is 9.47 Å². The molecule has 0 aromatic heterocycles. The van der Waals surface area contributed by atoms with Crippen molar-refractivity contribution in [3.63, 3.8) is 0 Å². The van der Waals surface area contributed by atoms with Crippen LogP contribution in [0, 0.1) is 0 Å². The van der Waals surface area contributed by atoms with Crippen LogP contribution in [0.2, 0.25) is 0 Å². The SMILES string of the molecule is CCCNC1CCC(C)(c2ccc(OC)c(OC)c2)C1. The summed E-state index contributed by atoms with van der Waals surface area (Å²) in [7, 11) is 3.38. The molecule has 0 aliphatic heterocycles. The van der Waals surface area contributed by atoms with E-state index in [1.165, 1.54) is 31.2 Å². The van der Waals surface area contributed by atoms with E-state index in [0.717, 1.165) is 18.0 Å². The summed E-state index contributed by atoms with van der Waals surface area (Å²) in [6.45, 7) is 5.70. The molecule has 0 bridgehead atoms. The predicted octanol–water partition coefficient (Wildman–Crippen LogP) is 3.51. The second-order valence-corrected chi connectivity index (χ2v) is 6.02. The van der Waals surface area contributed by atoms with Crippen molar-refractivity contribution in [2.45, 2.75) is 51.0 Å². The number of rotatable bonds is 6. The first-order valence-electron chi connectivity index (χ1n) is 7.59. The molecule has 20 heavy (non-hydrogen) atoms. The molecular formula is C17H27NO2. The second kappa shape index (κ2) is 6.49. The fourth-order valence-corrected chi connectivity index (χ4v) is 3.24. The smallest absolute Gasteiger partial charge is 0.161 e. The Morgan fingerprint density at radius 3 is 2.65 bits per heavy atom. The highest BCUT2D eigenvalue weighted by atomic mass is 16.5. The molecule has 112 valence electrons. The van der Waals surface area contributed by atoms with Gasteiger partial charge in [0.05, 0.1) is 14.2 Å². The van der Waals surface area contributed by atoms with Gasteiger partial charge in [-0.05, 0) is 55.3 Å². The van der Waals surface area contributed by atoms with Gasteiger partial charge in [0.1, 0.15) is 0 Å². The van der Waals surface area contributed by atoms with E-state index in [-0.39, 0.29) is 5.41 Å². The lowest BCUT2D eigenvalue weighted by atomic mass is 9.80. The van der Waals surface area contributed by atoms with Crippen LogP contribution in [0.4, 0.5) is 0 Å². The van der Waals surface area contributed by atoms with Gasteiger partial charge in [-0.1, -0.05) is 19.9 Å². The Bertz CT molecular complexity index is 447. The monoisotopic (exact) mass is 277 g/mol. The molecule has 3 nitrogen and oxygen atoms in total. The lowest BCUT2D eigenvalue weighted by Gasteiger charge is -2.26. The molecule has 0 amide bonds. The largest absolute Gasteiger partial charge is 0.493 e. The maximum absolute atomic E-state index is 5.43. The standard InChI is InChI=1S/C17H27NO2/c1-5-10-18-14-8-9-17(2,12-14)13-6-7-15(19-3)16(11-13)20-4/h6-7,11,14,18H,5,8-10,12H2,1-4H3. The highest BCUT2D eigenvalue weighted by molar-refractivity contribution is 5.45. The Morgan fingerprint density at radius 1 is 1.25 bits per heavy atom. The van der Waals surface area contributed by atoms with Gasteiger partial charge in [0.2, 0.25) is 0 Å². The van der Waals surface area contributed by atoms with Crippen molar-refractivity contribution in [3.8, 4) is 11.5 Å². The van der Waals surface area contributed by atoms with Crippen LogP contribution in [0.3, 0.4) is 0 Å². The average Bonchev–Trinajstić information content (AvgIpc) is 2.87. The molecule has 3 heteroatoms. The summed E-state index contributed by atoms with van der Waals surface area (Å²) in [6.07, 6.45) is 4.88. The first-order valence-corrected chi connectivity index (χ1v) is 7.59. The molecule has 2 atom stereocenters. The molecule has 1 aliphatic rings. The van der Waals surface area contributed by atoms with E-state index in [2.05, 4.69) is 31.3 Å². The molecule has 1 aromatic rings.